The number of carbonyl (C=O) groups is 8. The van der Waals surface area contributed by atoms with Crippen molar-refractivity contribution >= 4 is 76.6 Å². The maximum absolute atomic E-state index is 14.5. The number of likely N-dealkylation sites (N-methyl/N-ethyl adjacent to an activating group) is 1. The van der Waals surface area contributed by atoms with E-state index in [0.29, 0.717) is 50.1 Å². The molecular weight excluding hydrogens is 978 g/mol. The number of nitrogens with two attached hydrogens (primary N) is 1. The minimum atomic E-state index is -1.82. The third-order valence-electron chi connectivity index (χ3n) is 13.8. The van der Waals surface area contributed by atoms with Gasteiger partial charge in [0, 0.05) is 64.4 Å². The Hall–Kier alpha value is -5.26. The Labute approximate surface area is 429 Å². The number of fused-ring (bicyclic) bond motifs is 5. The maximum atomic E-state index is 14.5. The van der Waals surface area contributed by atoms with E-state index in [2.05, 4.69) is 16.0 Å². The summed E-state index contributed by atoms with van der Waals surface area (Å²) in [6, 6.07) is -0.0251. The molecule has 7 amide bonds. The third-order valence-corrected chi connectivity index (χ3v) is 14.9. The Kier molecular flexibility index (Phi) is 20.1. The Bertz CT molecular complexity index is 2270. The predicted molar refractivity (Wildman–Crippen MR) is 267 cm³/mol. The van der Waals surface area contributed by atoms with E-state index in [-0.39, 0.29) is 36.6 Å². The number of methoxy groups -OCH3 is 2. The van der Waals surface area contributed by atoms with Crippen LogP contribution in [0.2, 0.25) is 5.02 Å². The highest BCUT2D eigenvalue weighted by molar-refractivity contribution is 7.98. The number of unbranched alkanes of at least 4 members (excludes halogenated alkanes) is 1. The molecule has 2 fully saturated rings. The monoisotopic (exact) mass is 1050 g/mol. The molecule has 4 aliphatic rings. The Morgan fingerprint density at radius 2 is 1.78 bits per heavy atom. The van der Waals surface area contributed by atoms with Crippen molar-refractivity contribution in [3.8, 4) is 5.75 Å². The fourth-order valence-electron chi connectivity index (χ4n) is 9.26. The maximum Gasteiger partial charge on any atom is 0.409 e. The molecule has 23 heteroatoms. The number of ether oxygens (including phenoxy) is 5. The average Bonchev–Trinajstić information content (AvgIpc) is 3.93. The quantitative estimate of drug-likeness (QED) is 0.0465. The normalized spacial score (nSPS) is 27.6. The van der Waals surface area contributed by atoms with Crippen LogP contribution in [-0.4, -0.2) is 170 Å². The number of alkyl carbamates (subject to hydrolysis) is 1. The molecule has 0 aliphatic carbocycles. The molecule has 8 unspecified atom stereocenters. The molecule has 1 aromatic carbocycles. The molecule has 72 heavy (non-hydrogen) atoms. The molecule has 4 bridgehead atoms. The lowest BCUT2D eigenvalue weighted by Crippen LogP contribution is -2.64. The first-order valence-electron chi connectivity index (χ1n) is 24.0. The van der Waals surface area contributed by atoms with Gasteiger partial charge in [0.1, 0.15) is 52.8 Å². The summed E-state index contributed by atoms with van der Waals surface area (Å²) in [5.41, 5.74) is 4.60. The average molecular weight is 1050 g/mol. The first kappa shape index (κ1) is 57.6. The summed E-state index contributed by atoms with van der Waals surface area (Å²) < 4.78 is 29.6. The number of nitrogens with one attached hydrogen (secondary N) is 3. The van der Waals surface area contributed by atoms with Gasteiger partial charge in [0.25, 0.3) is 11.8 Å². The number of epoxide rings is 1. The van der Waals surface area contributed by atoms with E-state index in [1.54, 1.807) is 32.2 Å². The first-order valence-corrected chi connectivity index (χ1v) is 25.8. The standard InChI is InChI=1S/C49H70ClN7O14S/c1-27-13-12-15-36(68-8)49(66)25-35(69-47(65)54-49)28(2)43-48(4,71-43)37(24-41(61)56(6)33-22-30(21-27)23-34(67-7)42(33)50)70-46(64)29(3)55(5)45(63)32(26-72-9)53-44(62)31(14-10-11-19-51)52-38(58)18-20-57-39(59)16-17-40(57)60/h13,16-17,22-23,28-29,31-32,35-37,43,66H,10-12,14-15,18-21,24-26,51H2,1-9H3,(H,52,58)(H,53,62)(H,54,65)/b27-13+/t28?,29-,31+,32?,35?,36?,37?,43?,48?,49?/m0/s1. The SMILES string of the molecule is COc1cc2cc(c1Cl)N(C)C(=O)CC(OC(=O)[C@H](C)N(C)C(=O)C(CSC)NC(=O)[C@@H](CCCCN)NC(=O)CCN1C(=O)C=CC1=O)C1(C)OC1C(C)C1CC(O)(NC(=O)O1)C(OC)CC/C=C(\C)C2. The number of imide groups is 1. The number of allylic oxidation sites excluding steroid dienone is 2. The van der Waals surface area contributed by atoms with Gasteiger partial charge in [-0.1, -0.05) is 30.2 Å². The molecule has 21 nitrogen and oxygen atoms in total. The molecule has 1 aromatic rings. The number of amides is 7. The summed E-state index contributed by atoms with van der Waals surface area (Å²) >= 11 is 8.09. The lowest BCUT2D eigenvalue weighted by atomic mass is 9.83. The number of hydrogen-bond donors (Lipinski definition) is 5. The van der Waals surface area contributed by atoms with Crippen molar-refractivity contribution < 1.29 is 67.1 Å². The van der Waals surface area contributed by atoms with Crippen LogP contribution in [-0.2, 0) is 58.9 Å². The summed E-state index contributed by atoms with van der Waals surface area (Å²) in [4.78, 5) is 110. The van der Waals surface area contributed by atoms with E-state index in [4.69, 9.17) is 41.0 Å². The van der Waals surface area contributed by atoms with Crippen molar-refractivity contribution in [1.29, 1.82) is 0 Å². The summed E-state index contributed by atoms with van der Waals surface area (Å²) in [5, 5.41) is 20.0. The van der Waals surface area contributed by atoms with Crippen LogP contribution in [0.5, 0.6) is 5.75 Å². The summed E-state index contributed by atoms with van der Waals surface area (Å²) in [6.07, 6.45) is 2.96. The summed E-state index contributed by atoms with van der Waals surface area (Å²) in [5.74, 6) is -4.67. The number of hydrogen-bond acceptors (Lipinski definition) is 16. The van der Waals surface area contributed by atoms with E-state index in [9.17, 15) is 43.5 Å². The minimum absolute atomic E-state index is 0.0766. The first-order chi connectivity index (χ1) is 34.0. The van der Waals surface area contributed by atoms with Gasteiger partial charge >= 0.3 is 12.1 Å². The molecule has 398 valence electrons. The second-order valence-corrected chi connectivity index (χ2v) is 20.3. The van der Waals surface area contributed by atoms with Crippen molar-refractivity contribution in [3.05, 3.63) is 46.5 Å². The van der Waals surface area contributed by atoms with Crippen LogP contribution in [0.3, 0.4) is 0 Å². The number of benzene rings is 1. The van der Waals surface area contributed by atoms with Crippen LogP contribution in [0, 0.1) is 5.92 Å². The molecule has 0 radical (unpaired) electrons. The smallest absolute Gasteiger partial charge is 0.409 e. The zero-order chi connectivity index (χ0) is 53.2. The van der Waals surface area contributed by atoms with Crippen molar-refractivity contribution in [2.24, 2.45) is 11.7 Å². The molecule has 5 rings (SSSR count). The van der Waals surface area contributed by atoms with Gasteiger partial charge < -0.3 is 55.0 Å². The molecule has 4 heterocycles. The van der Waals surface area contributed by atoms with E-state index >= 15 is 0 Å². The summed E-state index contributed by atoms with van der Waals surface area (Å²) in [6.45, 7) is 6.94. The van der Waals surface area contributed by atoms with E-state index in [1.165, 1.54) is 51.9 Å². The zero-order valence-corrected chi connectivity index (χ0v) is 44.0. The highest BCUT2D eigenvalue weighted by Gasteiger charge is 2.64. The molecule has 2 saturated heterocycles. The predicted octanol–water partition coefficient (Wildman–Crippen LogP) is 2.52. The van der Waals surface area contributed by atoms with Gasteiger partial charge in [0.2, 0.25) is 23.6 Å². The van der Waals surface area contributed by atoms with Crippen molar-refractivity contribution in [2.45, 2.75) is 139 Å². The van der Waals surface area contributed by atoms with Gasteiger partial charge in [-0.05, 0) is 89.8 Å². The second kappa shape index (κ2) is 25.1. The molecule has 10 atom stereocenters. The number of esters is 1. The molecule has 0 aromatic heterocycles. The van der Waals surface area contributed by atoms with Gasteiger partial charge in [-0.25, -0.2) is 9.59 Å². The largest absolute Gasteiger partial charge is 0.495 e. The number of aliphatic hydroxyl groups is 1. The fourth-order valence-corrected chi connectivity index (χ4v) is 10.1. The number of anilines is 1. The van der Waals surface area contributed by atoms with E-state index in [0.717, 1.165) is 33.1 Å². The Morgan fingerprint density at radius 3 is 2.42 bits per heavy atom. The van der Waals surface area contributed by atoms with E-state index in [1.807, 2.05) is 13.0 Å². The van der Waals surface area contributed by atoms with Crippen LogP contribution in [0.1, 0.15) is 84.6 Å². The Balaban J connectivity index is 1.39. The topological polar surface area (TPSA) is 278 Å². The molecule has 0 saturated carbocycles. The highest BCUT2D eigenvalue weighted by Crippen LogP contribution is 2.49. The number of thioether (sulfide) groups is 1. The van der Waals surface area contributed by atoms with Gasteiger partial charge in [0.15, 0.2) is 5.72 Å². The van der Waals surface area contributed by atoms with Crippen LogP contribution in [0.15, 0.2) is 35.9 Å². The second-order valence-electron chi connectivity index (χ2n) is 19.0. The van der Waals surface area contributed by atoms with Gasteiger partial charge in [0.05, 0.1) is 25.3 Å². The van der Waals surface area contributed by atoms with Gasteiger partial charge in [-0.3, -0.25) is 39.0 Å². The van der Waals surface area contributed by atoms with Crippen LogP contribution < -0.4 is 31.3 Å². The number of carbonyl (C=O) groups excluding carboxylic acids is 8. The van der Waals surface area contributed by atoms with Crippen molar-refractivity contribution in [3.63, 3.8) is 0 Å². The lowest BCUT2D eigenvalue weighted by molar-refractivity contribution is -0.162. The highest BCUT2D eigenvalue weighted by atomic mass is 35.5. The van der Waals surface area contributed by atoms with Crippen LogP contribution in [0.4, 0.5) is 10.5 Å². The Morgan fingerprint density at radius 1 is 1.08 bits per heavy atom. The number of nitrogens with zero attached hydrogens (tertiary/aromatic N) is 3. The molecular formula is C49H70ClN7O14S. The van der Waals surface area contributed by atoms with Crippen LogP contribution >= 0.6 is 23.4 Å². The van der Waals surface area contributed by atoms with Gasteiger partial charge in [-0.15, -0.1) is 0 Å². The fraction of sp³-hybridized carbons (Fsp3) is 0.633. The van der Waals surface area contributed by atoms with Gasteiger partial charge in [-0.2, -0.15) is 11.8 Å². The van der Waals surface area contributed by atoms with Crippen LogP contribution in [0.25, 0.3) is 0 Å². The number of rotatable bonds is 18. The molecule has 0 spiro atoms. The summed E-state index contributed by atoms with van der Waals surface area (Å²) in [7, 11) is 5.82. The molecule has 4 aliphatic heterocycles. The van der Waals surface area contributed by atoms with Crippen molar-refractivity contribution in [1.82, 2.24) is 25.8 Å². The third kappa shape index (κ3) is 13.9. The van der Waals surface area contributed by atoms with Crippen molar-refractivity contribution in [2.75, 3.05) is 58.3 Å². The minimum Gasteiger partial charge on any atom is -0.495 e. The number of halogens is 1. The molecule has 6 N–H and O–H groups in total. The van der Waals surface area contributed by atoms with E-state index < -0.39 is 114 Å². The zero-order valence-electron chi connectivity index (χ0n) is 42.5. The lowest BCUT2D eigenvalue weighted by Gasteiger charge is -2.43.